The fourth-order valence-corrected chi connectivity index (χ4v) is 8.00. The van der Waals surface area contributed by atoms with Gasteiger partial charge in [0.15, 0.2) is 0 Å². The molecule has 4 aromatic rings. The van der Waals surface area contributed by atoms with Crippen LogP contribution in [-0.4, -0.2) is 80.1 Å². The van der Waals surface area contributed by atoms with Gasteiger partial charge in [0.2, 0.25) is 5.91 Å². The second-order valence-corrected chi connectivity index (χ2v) is 14.0. The van der Waals surface area contributed by atoms with Crippen LogP contribution in [-0.2, 0) is 34.2 Å². The zero-order chi connectivity index (χ0) is 33.4. The van der Waals surface area contributed by atoms with Gasteiger partial charge in [-0.25, -0.2) is 9.37 Å². The fraction of sp³-hybridized carbons (Fsp3) is 0.412. The average molecular weight is 682 g/mol. The number of anilines is 1. The number of benzene rings is 2. The molecule has 13 heteroatoms. The van der Waals surface area contributed by atoms with Crippen molar-refractivity contribution < 1.29 is 28.6 Å². The van der Waals surface area contributed by atoms with Crippen LogP contribution in [0.3, 0.4) is 0 Å². The summed E-state index contributed by atoms with van der Waals surface area (Å²) < 4.78 is 23.3. The number of amides is 2. The first-order valence-electron chi connectivity index (χ1n) is 15.7. The van der Waals surface area contributed by atoms with Gasteiger partial charge in [-0.3, -0.25) is 19.3 Å². The van der Waals surface area contributed by atoms with E-state index in [1.807, 2.05) is 49.7 Å². The largest absolute Gasteiger partial charge is 0.481 e. The van der Waals surface area contributed by atoms with Crippen LogP contribution in [0.25, 0.3) is 10.9 Å². The second kappa shape index (κ2) is 13.7. The summed E-state index contributed by atoms with van der Waals surface area (Å²) in [7, 11) is 1.85. The lowest BCUT2D eigenvalue weighted by Crippen LogP contribution is -2.51. The number of morpholine rings is 1. The number of carboxylic acids is 1. The predicted octanol–water partition coefficient (Wildman–Crippen LogP) is 5.69. The number of carboxylic acid groups (broad SMARTS) is 1. The molecule has 2 aromatic heterocycles. The SMILES string of the molecule is C[C@@H]1CN([C@H]2C[C@@H](c3ncc(CCC(=O)O)s3)N(C(=O)Cc3cc(Cl)c(NC(=O)c4cn(C)c5ccccc45)cc3F)C2)C[C@H](C)O1. The maximum absolute atomic E-state index is 15.5. The van der Waals surface area contributed by atoms with Gasteiger partial charge in [-0.05, 0) is 50.5 Å². The molecule has 4 heterocycles. The quantitative estimate of drug-likeness (QED) is 0.233. The number of halogens is 2. The molecule has 0 saturated carbocycles. The maximum atomic E-state index is 15.5. The summed E-state index contributed by atoms with van der Waals surface area (Å²) in [5.41, 5.74) is 1.56. The van der Waals surface area contributed by atoms with Crippen LogP contribution in [0.1, 0.15) is 58.5 Å². The number of nitrogens with zero attached hydrogens (tertiary/aromatic N) is 4. The lowest BCUT2D eigenvalue weighted by atomic mass is 10.1. The third-order valence-electron chi connectivity index (χ3n) is 8.87. The number of ether oxygens (including phenoxy) is 1. The third-order valence-corrected chi connectivity index (χ3v) is 10.3. The summed E-state index contributed by atoms with van der Waals surface area (Å²) in [6.45, 7) is 5.99. The van der Waals surface area contributed by atoms with Gasteiger partial charge in [0.1, 0.15) is 10.8 Å². The van der Waals surface area contributed by atoms with E-state index in [0.29, 0.717) is 24.9 Å². The first kappa shape index (κ1) is 33.1. The van der Waals surface area contributed by atoms with Crippen molar-refractivity contribution in [3.63, 3.8) is 0 Å². The maximum Gasteiger partial charge on any atom is 0.303 e. The van der Waals surface area contributed by atoms with Gasteiger partial charge in [-0.15, -0.1) is 11.3 Å². The molecule has 4 atom stereocenters. The Hall–Kier alpha value is -3.84. The van der Waals surface area contributed by atoms with Crippen molar-refractivity contribution in [1.29, 1.82) is 0 Å². The summed E-state index contributed by atoms with van der Waals surface area (Å²) in [4.78, 5) is 47.8. The molecule has 47 heavy (non-hydrogen) atoms. The van der Waals surface area contributed by atoms with Crippen LogP contribution in [0.15, 0.2) is 48.8 Å². The highest BCUT2D eigenvalue weighted by atomic mass is 35.5. The Morgan fingerprint density at radius 1 is 1.15 bits per heavy atom. The monoisotopic (exact) mass is 681 g/mol. The highest BCUT2D eigenvalue weighted by Crippen LogP contribution is 2.38. The minimum Gasteiger partial charge on any atom is -0.481 e. The highest BCUT2D eigenvalue weighted by molar-refractivity contribution is 7.11. The minimum atomic E-state index is -0.881. The van der Waals surface area contributed by atoms with Crippen LogP contribution in [0.5, 0.6) is 0 Å². The first-order valence-corrected chi connectivity index (χ1v) is 16.8. The molecule has 2 amide bonds. The number of likely N-dealkylation sites (tertiary alicyclic amines) is 1. The Morgan fingerprint density at radius 3 is 2.64 bits per heavy atom. The molecule has 2 saturated heterocycles. The summed E-state index contributed by atoms with van der Waals surface area (Å²) in [6, 6.07) is 9.78. The highest BCUT2D eigenvalue weighted by Gasteiger charge is 2.42. The number of aryl methyl sites for hydroxylation is 2. The molecule has 0 spiro atoms. The molecule has 0 radical (unpaired) electrons. The number of carbonyl (C=O) groups excluding carboxylic acids is 2. The minimum absolute atomic E-state index is 0.000446. The summed E-state index contributed by atoms with van der Waals surface area (Å²) in [5, 5.41) is 13.5. The van der Waals surface area contributed by atoms with Gasteiger partial charge in [0.25, 0.3) is 5.91 Å². The van der Waals surface area contributed by atoms with Crippen LogP contribution >= 0.6 is 22.9 Å². The Labute approximate surface area is 281 Å². The summed E-state index contributed by atoms with van der Waals surface area (Å²) >= 11 is 7.96. The summed E-state index contributed by atoms with van der Waals surface area (Å²) in [6.07, 6.45) is 4.30. The molecule has 248 valence electrons. The Kier molecular flexibility index (Phi) is 9.65. The van der Waals surface area contributed by atoms with Gasteiger partial charge in [-0.2, -0.15) is 0 Å². The van der Waals surface area contributed by atoms with E-state index >= 15 is 4.39 Å². The first-order chi connectivity index (χ1) is 22.5. The number of para-hydroxylation sites is 1. The van der Waals surface area contributed by atoms with E-state index in [1.54, 1.807) is 17.3 Å². The molecule has 2 aliphatic heterocycles. The van der Waals surface area contributed by atoms with Crippen molar-refractivity contribution >= 4 is 57.3 Å². The number of thiazole rings is 1. The normalized spacial score (nSPS) is 21.8. The van der Waals surface area contributed by atoms with Gasteiger partial charge < -0.3 is 24.6 Å². The van der Waals surface area contributed by atoms with E-state index in [4.69, 9.17) is 21.4 Å². The van der Waals surface area contributed by atoms with E-state index in [9.17, 15) is 14.4 Å². The molecule has 10 nitrogen and oxygen atoms in total. The van der Waals surface area contributed by atoms with Gasteiger partial charge in [0.05, 0.1) is 47.4 Å². The zero-order valence-corrected chi connectivity index (χ0v) is 28.0. The standard InChI is InChI=1S/C34H37ClFN5O5S/c1-19-15-40(16-20(2)46-19)22-12-30(34-37-14-23(47-34)8-9-32(43)44)41(17-22)31(42)11-21-10-26(35)28(13-27(21)36)38-33(45)25-18-39(3)29-7-5-4-6-24(25)29/h4-7,10,13-14,18-20,22,30H,8-9,11-12,15-17H2,1-3H3,(H,38,45)(H,43,44)/t19-,20+,22-,30-/m0/s1. The number of carbonyl (C=O) groups is 3. The fourth-order valence-electron chi connectivity index (χ4n) is 6.72. The third kappa shape index (κ3) is 7.20. The van der Waals surface area contributed by atoms with Crippen molar-refractivity contribution in [3.8, 4) is 0 Å². The second-order valence-electron chi connectivity index (χ2n) is 12.4. The molecule has 0 bridgehead atoms. The van der Waals surface area contributed by atoms with E-state index in [2.05, 4.69) is 15.2 Å². The molecule has 0 unspecified atom stereocenters. The Morgan fingerprint density at radius 2 is 1.89 bits per heavy atom. The van der Waals surface area contributed by atoms with E-state index in [1.165, 1.54) is 17.4 Å². The van der Waals surface area contributed by atoms with Crippen molar-refractivity contribution in [2.45, 2.75) is 63.8 Å². The number of aliphatic carboxylic acids is 1. The summed E-state index contributed by atoms with van der Waals surface area (Å²) in [5.74, 6) is -2.22. The number of aromatic nitrogens is 2. The lowest BCUT2D eigenvalue weighted by molar-refractivity contribution is -0.137. The smallest absolute Gasteiger partial charge is 0.303 e. The number of nitrogens with one attached hydrogen (secondary N) is 1. The van der Waals surface area contributed by atoms with Crippen molar-refractivity contribution in [3.05, 3.63) is 80.6 Å². The molecule has 6 rings (SSSR count). The lowest BCUT2D eigenvalue weighted by Gasteiger charge is -2.38. The topological polar surface area (TPSA) is 117 Å². The Bertz CT molecular complexity index is 1820. The number of hydrogen-bond donors (Lipinski definition) is 2. The molecular weight excluding hydrogens is 645 g/mol. The number of hydrogen-bond acceptors (Lipinski definition) is 7. The van der Waals surface area contributed by atoms with Crippen molar-refractivity contribution in [2.24, 2.45) is 7.05 Å². The van der Waals surface area contributed by atoms with Gasteiger partial charge in [0, 0.05) is 60.9 Å². The van der Waals surface area contributed by atoms with Crippen LogP contribution in [0.2, 0.25) is 5.02 Å². The van der Waals surface area contributed by atoms with Gasteiger partial charge >= 0.3 is 5.97 Å². The van der Waals surface area contributed by atoms with E-state index < -0.39 is 17.7 Å². The predicted molar refractivity (Wildman–Crippen MR) is 178 cm³/mol. The van der Waals surface area contributed by atoms with Crippen LogP contribution in [0.4, 0.5) is 10.1 Å². The Balaban J connectivity index is 1.20. The zero-order valence-electron chi connectivity index (χ0n) is 26.4. The van der Waals surface area contributed by atoms with Gasteiger partial charge in [-0.1, -0.05) is 29.8 Å². The van der Waals surface area contributed by atoms with Crippen molar-refractivity contribution in [1.82, 2.24) is 19.4 Å². The van der Waals surface area contributed by atoms with Crippen molar-refractivity contribution in [2.75, 3.05) is 25.0 Å². The molecule has 2 aliphatic rings. The van der Waals surface area contributed by atoms with E-state index in [-0.39, 0.29) is 59.3 Å². The molecule has 2 N–H and O–H groups in total. The average Bonchev–Trinajstić information content (AvgIpc) is 3.76. The molecular formula is C34H37ClFN5O5S. The van der Waals surface area contributed by atoms with Crippen LogP contribution in [0, 0.1) is 5.82 Å². The number of rotatable bonds is 9. The van der Waals surface area contributed by atoms with Crippen LogP contribution < -0.4 is 5.32 Å². The van der Waals surface area contributed by atoms with E-state index in [0.717, 1.165) is 39.9 Å². The molecule has 2 fully saturated rings. The molecule has 0 aliphatic carbocycles. The molecule has 2 aromatic carbocycles. The number of fused-ring (bicyclic) bond motifs is 1.